The Morgan fingerprint density at radius 3 is 2.12 bits per heavy atom. The Morgan fingerprint density at radius 2 is 1.52 bits per heavy atom. The molecule has 1 amide bonds. The lowest BCUT2D eigenvalue weighted by Crippen LogP contribution is -2.63. The molecule has 3 aliphatic rings. The highest BCUT2D eigenvalue weighted by atomic mass is 16.9. The second-order valence-electron chi connectivity index (χ2n) is 7.34. The molecule has 6 atom stereocenters. The molecule has 0 aliphatic carbocycles. The van der Waals surface area contributed by atoms with Crippen LogP contribution in [0.15, 0.2) is 0 Å². The van der Waals surface area contributed by atoms with E-state index in [9.17, 15) is 9.59 Å². The van der Waals surface area contributed by atoms with Crippen LogP contribution in [0, 0.1) is 0 Å². The number of carbonyl (C=O) groups is 2. The predicted molar refractivity (Wildman–Crippen MR) is 82.1 cm³/mol. The zero-order chi connectivity index (χ0) is 18.6. The van der Waals surface area contributed by atoms with Gasteiger partial charge in [-0.15, -0.1) is 0 Å². The number of methoxy groups -OCH3 is 1. The SMILES string of the molecule is COC(=O)[C@H](NC(C)=O)[C@H]1O[C@@H]2OC(C)(C)O[C@@H]2[C@H]2OC(C)(C)O[C@H]21. The molecule has 3 aliphatic heterocycles. The van der Waals surface area contributed by atoms with Gasteiger partial charge in [0.15, 0.2) is 23.9 Å². The fraction of sp³-hybridized carbons (Fsp3) is 0.875. The van der Waals surface area contributed by atoms with Crippen LogP contribution in [0.4, 0.5) is 0 Å². The number of amides is 1. The molecular weight excluding hydrogens is 334 g/mol. The molecule has 25 heavy (non-hydrogen) atoms. The average Bonchev–Trinajstić information content (AvgIpc) is 2.97. The smallest absolute Gasteiger partial charge is 0.331 e. The van der Waals surface area contributed by atoms with Gasteiger partial charge in [0, 0.05) is 6.92 Å². The van der Waals surface area contributed by atoms with Crippen molar-refractivity contribution in [3.05, 3.63) is 0 Å². The van der Waals surface area contributed by atoms with Crippen molar-refractivity contribution in [2.75, 3.05) is 7.11 Å². The summed E-state index contributed by atoms with van der Waals surface area (Å²) in [7, 11) is 1.24. The van der Waals surface area contributed by atoms with Crippen LogP contribution in [0.2, 0.25) is 0 Å². The van der Waals surface area contributed by atoms with Crippen molar-refractivity contribution in [3.8, 4) is 0 Å². The summed E-state index contributed by atoms with van der Waals surface area (Å²) in [5.41, 5.74) is 0. The molecule has 9 heteroatoms. The van der Waals surface area contributed by atoms with E-state index in [0.29, 0.717) is 0 Å². The minimum atomic E-state index is -1.05. The summed E-state index contributed by atoms with van der Waals surface area (Å²) >= 11 is 0. The first kappa shape index (κ1) is 18.5. The molecule has 0 unspecified atom stereocenters. The third kappa shape index (κ3) is 3.52. The van der Waals surface area contributed by atoms with E-state index in [0.717, 1.165) is 0 Å². The predicted octanol–water partition coefficient (Wildman–Crippen LogP) is 0.0606. The van der Waals surface area contributed by atoms with Crippen molar-refractivity contribution < 1.29 is 38.0 Å². The van der Waals surface area contributed by atoms with Gasteiger partial charge in [-0.1, -0.05) is 0 Å². The van der Waals surface area contributed by atoms with Crippen LogP contribution in [0.5, 0.6) is 0 Å². The first-order valence-electron chi connectivity index (χ1n) is 8.25. The Bertz CT molecular complexity index is 562. The standard InChI is InChI=1S/C16H25NO8/c1-7(18)17-8(13(19)20-6)9-10-11(23-15(2,3)22-10)12-14(21-9)25-16(4,5)24-12/h8-12,14H,1-6H3,(H,17,18)/t8-,9-,10+,11+,12-,14-/m1/s1. The first-order chi connectivity index (χ1) is 11.5. The third-order valence-corrected chi connectivity index (χ3v) is 4.33. The van der Waals surface area contributed by atoms with E-state index in [1.807, 2.05) is 0 Å². The second kappa shape index (κ2) is 6.17. The minimum absolute atomic E-state index is 0.389. The highest BCUT2D eigenvalue weighted by molar-refractivity contribution is 5.83. The van der Waals surface area contributed by atoms with Gasteiger partial charge in [0.25, 0.3) is 0 Å². The number of hydrogen-bond acceptors (Lipinski definition) is 8. The van der Waals surface area contributed by atoms with Crippen molar-refractivity contribution in [2.45, 2.75) is 82.9 Å². The molecule has 3 heterocycles. The van der Waals surface area contributed by atoms with Gasteiger partial charge in [-0.05, 0) is 27.7 Å². The van der Waals surface area contributed by atoms with E-state index in [1.54, 1.807) is 27.7 Å². The van der Waals surface area contributed by atoms with Gasteiger partial charge < -0.3 is 33.7 Å². The Balaban J connectivity index is 1.93. The summed E-state index contributed by atoms with van der Waals surface area (Å²) in [6.45, 7) is 8.39. The van der Waals surface area contributed by atoms with E-state index < -0.39 is 54.3 Å². The molecule has 0 saturated carbocycles. The van der Waals surface area contributed by atoms with E-state index in [-0.39, 0.29) is 5.91 Å². The van der Waals surface area contributed by atoms with Crippen LogP contribution in [0.3, 0.4) is 0 Å². The normalized spacial score (nSPS) is 39.2. The van der Waals surface area contributed by atoms with Crippen molar-refractivity contribution in [1.29, 1.82) is 0 Å². The Morgan fingerprint density at radius 1 is 0.960 bits per heavy atom. The van der Waals surface area contributed by atoms with Crippen LogP contribution in [-0.4, -0.2) is 67.3 Å². The lowest BCUT2D eigenvalue weighted by Gasteiger charge is -2.39. The second-order valence-corrected chi connectivity index (χ2v) is 7.34. The maximum atomic E-state index is 12.2. The van der Waals surface area contributed by atoms with Crippen molar-refractivity contribution >= 4 is 11.9 Å². The van der Waals surface area contributed by atoms with Gasteiger partial charge in [-0.3, -0.25) is 4.79 Å². The lowest BCUT2D eigenvalue weighted by molar-refractivity contribution is -0.240. The van der Waals surface area contributed by atoms with Gasteiger partial charge in [0.05, 0.1) is 7.11 Å². The summed E-state index contributed by atoms with van der Waals surface area (Å²) in [5.74, 6) is -2.78. The molecule has 3 rings (SSSR count). The fourth-order valence-electron chi connectivity index (χ4n) is 3.53. The minimum Gasteiger partial charge on any atom is -0.467 e. The van der Waals surface area contributed by atoms with Gasteiger partial charge in [-0.2, -0.15) is 0 Å². The lowest BCUT2D eigenvalue weighted by atomic mass is 9.94. The average molecular weight is 359 g/mol. The largest absolute Gasteiger partial charge is 0.467 e. The molecule has 142 valence electrons. The van der Waals surface area contributed by atoms with Crippen LogP contribution >= 0.6 is 0 Å². The number of esters is 1. The quantitative estimate of drug-likeness (QED) is 0.706. The Hall–Kier alpha value is -1.26. The molecule has 1 N–H and O–H groups in total. The molecule has 0 aromatic heterocycles. The highest BCUT2D eigenvalue weighted by Gasteiger charge is 2.62. The summed E-state index contributed by atoms with van der Waals surface area (Å²) in [6.07, 6.45) is -3.25. The van der Waals surface area contributed by atoms with Gasteiger partial charge in [0.1, 0.15) is 24.4 Å². The van der Waals surface area contributed by atoms with Crippen molar-refractivity contribution in [3.63, 3.8) is 0 Å². The molecule has 3 fully saturated rings. The van der Waals surface area contributed by atoms with Crippen LogP contribution in [0.25, 0.3) is 0 Å². The monoisotopic (exact) mass is 359 g/mol. The molecule has 0 radical (unpaired) electrons. The molecule has 0 bridgehead atoms. The highest BCUT2D eigenvalue weighted by Crippen LogP contribution is 2.44. The maximum absolute atomic E-state index is 12.2. The summed E-state index contributed by atoms with van der Waals surface area (Å²) in [4.78, 5) is 23.8. The zero-order valence-electron chi connectivity index (χ0n) is 15.2. The van der Waals surface area contributed by atoms with Crippen LogP contribution < -0.4 is 5.32 Å². The third-order valence-electron chi connectivity index (χ3n) is 4.33. The van der Waals surface area contributed by atoms with E-state index in [1.165, 1.54) is 14.0 Å². The molecule has 0 aromatic carbocycles. The molecule has 0 spiro atoms. The van der Waals surface area contributed by atoms with Gasteiger partial charge >= 0.3 is 5.97 Å². The summed E-state index contributed by atoms with van der Waals surface area (Å²) in [5, 5.41) is 2.57. The first-order valence-corrected chi connectivity index (χ1v) is 8.25. The fourth-order valence-corrected chi connectivity index (χ4v) is 3.53. The Labute approximate surface area is 146 Å². The van der Waals surface area contributed by atoms with E-state index in [2.05, 4.69) is 5.32 Å². The topological polar surface area (TPSA) is 102 Å². The van der Waals surface area contributed by atoms with Crippen molar-refractivity contribution in [2.24, 2.45) is 0 Å². The molecular formula is C16H25NO8. The number of carbonyl (C=O) groups excluding carboxylic acids is 2. The molecule has 9 nitrogen and oxygen atoms in total. The van der Waals surface area contributed by atoms with Crippen molar-refractivity contribution in [1.82, 2.24) is 5.32 Å². The molecule has 3 saturated heterocycles. The summed E-state index contributed by atoms with van der Waals surface area (Å²) in [6, 6.07) is -1.05. The number of nitrogens with one attached hydrogen (secondary N) is 1. The number of fused-ring (bicyclic) bond motifs is 3. The molecule has 0 aromatic rings. The number of hydrogen-bond donors (Lipinski definition) is 1. The van der Waals surface area contributed by atoms with E-state index >= 15 is 0 Å². The van der Waals surface area contributed by atoms with E-state index in [4.69, 9.17) is 28.4 Å². The van der Waals surface area contributed by atoms with Crippen LogP contribution in [0.1, 0.15) is 34.6 Å². The zero-order valence-corrected chi connectivity index (χ0v) is 15.2. The van der Waals surface area contributed by atoms with Crippen LogP contribution in [-0.2, 0) is 38.0 Å². The Kier molecular flexibility index (Phi) is 4.57. The van der Waals surface area contributed by atoms with Gasteiger partial charge in [0.2, 0.25) is 5.91 Å². The van der Waals surface area contributed by atoms with Gasteiger partial charge in [-0.25, -0.2) is 4.79 Å². The summed E-state index contributed by atoms with van der Waals surface area (Å²) < 4.78 is 34.4. The maximum Gasteiger partial charge on any atom is 0.331 e. The number of rotatable bonds is 3. The number of ether oxygens (including phenoxy) is 6.